The van der Waals surface area contributed by atoms with E-state index in [2.05, 4.69) is 10.5 Å². The highest BCUT2D eigenvalue weighted by Gasteiger charge is 1.99. The third-order valence-electron chi connectivity index (χ3n) is 2.22. The molecule has 0 aliphatic heterocycles. The molecule has 0 bridgehead atoms. The first-order valence-electron chi connectivity index (χ1n) is 5.15. The van der Waals surface area contributed by atoms with Gasteiger partial charge in [0.05, 0.1) is 5.69 Å². The van der Waals surface area contributed by atoms with Crippen molar-refractivity contribution in [2.45, 2.75) is 20.0 Å². The normalized spacial score (nSPS) is 9.94. The largest absolute Gasteiger partial charge is 0.508 e. The Labute approximate surface area is 106 Å². The number of rotatable bonds is 4. The molecule has 0 saturated heterocycles. The van der Waals surface area contributed by atoms with E-state index in [1.54, 1.807) is 12.1 Å². The number of nitrogens with zero attached hydrogens (tertiary/aromatic N) is 1. The summed E-state index contributed by atoms with van der Waals surface area (Å²) < 4.78 is 4.96. The highest BCUT2D eigenvalue weighted by molar-refractivity contribution is 5.85. The van der Waals surface area contributed by atoms with Gasteiger partial charge < -0.3 is 14.9 Å². The average molecular weight is 255 g/mol. The number of aromatic hydroxyl groups is 1. The van der Waals surface area contributed by atoms with Gasteiger partial charge in [0.2, 0.25) is 0 Å². The highest BCUT2D eigenvalue weighted by atomic mass is 35.5. The smallest absolute Gasteiger partial charge is 0.133 e. The van der Waals surface area contributed by atoms with Crippen molar-refractivity contribution in [2.24, 2.45) is 0 Å². The van der Waals surface area contributed by atoms with Crippen molar-refractivity contribution >= 4 is 12.4 Å². The van der Waals surface area contributed by atoms with Crippen LogP contribution < -0.4 is 5.32 Å². The summed E-state index contributed by atoms with van der Waals surface area (Å²) in [6.07, 6.45) is 0. The van der Waals surface area contributed by atoms with E-state index in [0.29, 0.717) is 13.1 Å². The molecule has 0 atom stereocenters. The molecule has 2 rings (SSSR count). The third-order valence-corrected chi connectivity index (χ3v) is 2.22. The Kier molecular flexibility index (Phi) is 5.00. The molecule has 92 valence electrons. The zero-order valence-electron chi connectivity index (χ0n) is 9.51. The van der Waals surface area contributed by atoms with Crippen molar-refractivity contribution in [1.29, 1.82) is 0 Å². The molecule has 2 N–H and O–H groups in total. The molecule has 1 aromatic carbocycles. The number of hydrogen-bond donors (Lipinski definition) is 2. The number of phenolic OH excluding ortho intramolecular Hbond substituents is 1. The van der Waals surface area contributed by atoms with Gasteiger partial charge in [-0.25, -0.2) is 0 Å². The second-order valence-corrected chi connectivity index (χ2v) is 3.70. The van der Waals surface area contributed by atoms with Gasteiger partial charge >= 0.3 is 0 Å². The molecule has 0 fully saturated rings. The quantitative estimate of drug-likeness (QED) is 0.880. The minimum Gasteiger partial charge on any atom is -0.508 e. The maximum absolute atomic E-state index is 9.28. The summed E-state index contributed by atoms with van der Waals surface area (Å²) in [6.45, 7) is 3.22. The lowest BCUT2D eigenvalue weighted by Gasteiger charge is -2.02. The fraction of sp³-hybridized carbons (Fsp3) is 0.250. The van der Waals surface area contributed by atoms with Gasteiger partial charge in [-0.1, -0.05) is 17.3 Å². The SMILES string of the molecule is Cc1cc(CNCc2cccc(O)c2)no1.Cl. The summed E-state index contributed by atoms with van der Waals surface area (Å²) in [6, 6.07) is 9.08. The predicted octanol–water partition coefficient (Wildman–Crippen LogP) is 2.40. The van der Waals surface area contributed by atoms with Gasteiger partial charge in [-0.3, -0.25) is 0 Å². The molecular formula is C12H15ClN2O2. The number of benzene rings is 1. The van der Waals surface area contributed by atoms with Crippen LogP contribution in [-0.4, -0.2) is 10.3 Å². The second-order valence-electron chi connectivity index (χ2n) is 3.70. The molecule has 17 heavy (non-hydrogen) atoms. The molecular weight excluding hydrogens is 240 g/mol. The number of aromatic nitrogens is 1. The van der Waals surface area contributed by atoms with Crippen LogP contribution in [0.5, 0.6) is 5.75 Å². The molecule has 1 heterocycles. The second kappa shape index (κ2) is 6.27. The van der Waals surface area contributed by atoms with Gasteiger partial charge in [-0.15, -0.1) is 12.4 Å². The van der Waals surface area contributed by atoms with E-state index in [0.717, 1.165) is 17.0 Å². The standard InChI is InChI=1S/C12H14N2O2.ClH/c1-9-5-11(14-16-9)8-13-7-10-3-2-4-12(15)6-10;/h2-6,13,15H,7-8H2,1H3;1H. The zero-order valence-corrected chi connectivity index (χ0v) is 10.3. The van der Waals surface area contributed by atoms with Gasteiger partial charge in [0.1, 0.15) is 11.5 Å². The van der Waals surface area contributed by atoms with Crippen LogP contribution in [0.2, 0.25) is 0 Å². The van der Waals surface area contributed by atoms with Crippen LogP contribution in [0.4, 0.5) is 0 Å². The maximum Gasteiger partial charge on any atom is 0.133 e. The highest BCUT2D eigenvalue weighted by Crippen LogP contribution is 2.10. The number of halogens is 1. The van der Waals surface area contributed by atoms with E-state index >= 15 is 0 Å². The molecule has 4 nitrogen and oxygen atoms in total. The minimum absolute atomic E-state index is 0. The Bertz CT molecular complexity index is 471. The van der Waals surface area contributed by atoms with Crippen molar-refractivity contribution in [3.63, 3.8) is 0 Å². The summed E-state index contributed by atoms with van der Waals surface area (Å²) in [5, 5.41) is 16.4. The first-order valence-corrected chi connectivity index (χ1v) is 5.15. The van der Waals surface area contributed by atoms with Crippen molar-refractivity contribution < 1.29 is 9.63 Å². The van der Waals surface area contributed by atoms with E-state index in [9.17, 15) is 5.11 Å². The lowest BCUT2D eigenvalue weighted by Crippen LogP contribution is -2.12. The predicted molar refractivity (Wildman–Crippen MR) is 67.1 cm³/mol. The van der Waals surface area contributed by atoms with Gasteiger partial charge in [0.15, 0.2) is 0 Å². The molecule has 5 heteroatoms. The molecule has 0 unspecified atom stereocenters. The van der Waals surface area contributed by atoms with Crippen molar-refractivity contribution in [3.8, 4) is 5.75 Å². The molecule has 0 aliphatic rings. The maximum atomic E-state index is 9.28. The Hall–Kier alpha value is -1.52. The first-order chi connectivity index (χ1) is 7.74. The average Bonchev–Trinajstić information content (AvgIpc) is 2.64. The van der Waals surface area contributed by atoms with Crippen LogP contribution in [0, 0.1) is 6.92 Å². The molecule has 0 amide bonds. The fourth-order valence-corrected chi connectivity index (χ4v) is 1.50. The molecule has 0 aliphatic carbocycles. The number of phenols is 1. The number of hydrogen-bond acceptors (Lipinski definition) is 4. The lowest BCUT2D eigenvalue weighted by molar-refractivity contribution is 0.388. The fourth-order valence-electron chi connectivity index (χ4n) is 1.50. The molecule has 0 saturated carbocycles. The Morgan fingerprint density at radius 2 is 2.12 bits per heavy atom. The number of aryl methyl sites for hydroxylation is 1. The van der Waals surface area contributed by atoms with E-state index < -0.39 is 0 Å². The van der Waals surface area contributed by atoms with Crippen LogP contribution in [0.15, 0.2) is 34.9 Å². The molecule has 0 spiro atoms. The van der Waals surface area contributed by atoms with E-state index in [4.69, 9.17) is 4.52 Å². The van der Waals surface area contributed by atoms with Crippen LogP contribution >= 0.6 is 12.4 Å². The zero-order chi connectivity index (χ0) is 11.4. The monoisotopic (exact) mass is 254 g/mol. The van der Waals surface area contributed by atoms with E-state index in [1.807, 2.05) is 25.1 Å². The van der Waals surface area contributed by atoms with Gasteiger partial charge in [-0.05, 0) is 24.6 Å². The summed E-state index contributed by atoms with van der Waals surface area (Å²) in [5.41, 5.74) is 1.93. The molecule has 2 aromatic rings. The third kappa shape index (κ3) is 4.09. The topological polar surface area (TPSA) is 58.3 Å². The van der Waals surface area contributed by atoms with Crippen molar-refractivity contribution in [1.82, 2.24) is 10.5 Å². The van der Waals surface area contributed by atoms with Crippen LogP contribution in [-0.2, 0) is 13.1 Å². The van der Waals surface area contributed by atoms with Crippen molar-refractivity contribution in [3.05, 3.63) is 47.3 Å². The van der Waals surface area contributed by atoms with Crippen molar-refractivity contribution in [2.75, 3.05) is 0 Å². The first kappa shape index (κ1) is 13.5. The minimum atomic E-state index is 0. The Balaban J connectivity index is 0.00000144. The molecule has 0 radical (unpaired) electrons. The Morgan fingerprint density at radius 1 is 1.29 bits per heavy atom. The van der Waals surface area contributed by atoms with Gasteiger partial charge in [0, 0.05) is 19.2 Å². The van der Waals surface area contributed by atoms with Crippen LogP contribution in [0.1, 0.15) is 17.0 Å². The van der Waals surface area contributed by atoms with E-state index in [1.165, 1.54) is 0 Å². The van der Waals surface area contributed by atoms with Gasteiger partial charge in [0.25, 0.3) is 0 Å². The summed E-state index contributed by atoms with van der Waals surface area (Å²) in [7, 11) is 0. The summed E-state index contributed by atoms with van der Waals surface area (Å²) in [4.78, 5) is 0. The summed E-state index contributed by atoms with van der Waals surface area (Å²) in [5.74, 6) is 1.10. The lowest BCUT2D eigenvalue weighted by atomic mass is 10.2. The van der Waals surface area contributed by atoms with Gasteiger partial charge in [-0.2, -0.15) is 0 Å². The Morgan fingerprint density at radius 3 is 2.76 bits per heavy atom. The van der Waals surface area contributed by atoms with Crippen LogP contribution in [0.25, 0.3) is 0 Å². The molecule has 1 aromatic heterocycles. The van der Waals surface area contributed by atoms with E-state index in [-0.39, 0.29) is 18.2 Å². The van der Waals surface area contributed by atoms with Crippen LogP contribution in [0.3, 0.4) is 0 Å². The number of nitrogens with one attached hydrogen (secondary N) is 1. The summed E-state index contributed by atoms with van der Waals surface area (Å²) >= 11 is 0.